The van der Waals surface area contributed by atoms with E-state index in [-0.39, 0.29) is 18.0 Å². The number of ketones is 2. The molecule has 1 aromatic carbocycles. The number of carbonyl (C=O) groups is 2. The summed E-state index contributed by atoms with van der Waals surface area (Å²) in [6, 6.07) is 3.47. The van der Waals surface area contributed by atoms with Crippen molar-refractivity contribution >= 4 is 17.6 Å². The maximum atomic E-state index is 11.5. The lowest BCUT2D eigenvalue weighted by Crippen LogP contribution is -2.00. The maximum Gasteiger partial charge on any atom is 0.203 e. The van der Waals surface area contributed by atoms with E-state index in [1.165, 1.54) is 34.3 Å². The lowest BCUT2D eigenvalue weighted by atomic mass is 10.1. The van der Waals surface area contributed by atoms with Gasteiger partial charge in [0.05, 0.1) is 27.8 Å². The van der Waals surface area contributed by atoms with Crippen molar-refractivity contribution in [1.82, 2.24) is 0 Å². The Morgan fingerprint density at radius 3 is 2.20 bits per heavy atom. The molecular formula is C15H18O5. The fourth-order valence-corrected chi connectivity index (χ4v) is 1.74. The number of hydrogen-bond donors (Lipinski definition) is 0. The summed E-state index contributed by atoms with van der Waals surface area (Å²) in [6.07, 6.45) is 2.84. The highest BCUT2D eigenvalue weighted by Crippen LogP contribution is 2.40. The van der Waals surface area contributed by atoms with E-state index in [0.717, 1.165) is 0 Å². The Bertz CT molecular complexity index is 531. The van der Waals surface area contributed by atoms with Crippen LogP contribution in [0.25, 0.3) is 6.08 Å². The van der Waals surface area contributed by atoms with E-state index in [1.54, 1.807) is 18.2 Å². The second kappa shape index (κ2) is 7.33. The first-order valence-corrected chi connectivity index (χ1v) is 6.02. The van der Waals surface area contributed by atoms with Gasteiger partial charge in [0.25, 0.3) is 0 Å². The van der Waals surface area contributed by atoms with Crippen molar-refractivity contribution in [3.8, 4) is 17.2 Å². The molecular weight excluding hydrogens is 260 g/mol. The molecule has 0 saturated heterocycles. The van der Waals surface area contributed by atoms with Gasteiger partial charge in [-0.15, -0.1) is 0 Å². The molecule has 0 heterocycles. The van der Waals surface area contributed by atoms with Crippen LogP contribution >= 0.6 is 0 Å². The van der Waals surface area contributed by atoms with Gasteiger partial charge in [-0.1, -0.05) is 0 Å². The molecule has 0 aromatic heterocycles. The van der Waals surface area contributed by atoms with Gasteiger partial charge in [-0.2, -0.15) is 0 Å². The monoisotopic (exact) mass is 278 g/mol. The van der Waals surface area contributed by atoms with Crippen molar-refractivity contribution in [2.24, 2.45) is 0 Å². The van der Waals surface area contributed by atoms with Gasteiger partial charge in [0.2, 0.25) is 5.75 Å². The zero-order valence-corrected chi connectivity index (χ0v) is 12.1. The molecule has 0 bridgehead atoms. The van der Waals surface area contributed by atoms with E-state index >= 15 is 0 Å². The molecule has 0 atom stereocenters. The van der Waals surface area contributed by atoms with Gasteiger partial charge in [0.1, 0.15) is 5.78 Å². The molecule has 5 heteroatoms. The molecule has 0 spiro atoms. The maximum absolute atomic E-state index is 11.5. The standard InChI is InChI=1S/C15H18O5/c1-10(16)9-12(17)7-5-11-6-8-13(18-2)15(20-4)14(11)19-3/h5-8H,9H2,1-4H3. The topological polar surface area (TPSA) is 61.8 Å². The van der Waals surface area contributed by atoms with Gasteiger partial charge in [0, 0.05) is 5.56 Å². The first kappa shape index (κ1) is 15.8. The average molecular weight is 278 g/mol. The summed E-state index contributed by atoms with van der Waals surface area (Å²) >= 11 is 0. The molecule has 0 saturated carbocycles. The first-order valence-electron chi connectivity index (χ1n) is 6.02. The van der Waals surface area contributed by atoms with Crippen LogP contribution in [0.2, 0.25) is 0 Å². The van der Waals surface area contributed by atoms with E-state index in [0.29, 0.717) is 22.8 Å². The number of carbonyl (C=O) groups excluding carboxylic acids is 2. The van der Waals surface area contributed by atoms with E-state index in [4.69, 9.17) is 14.2 Å². The van der Waals surface area contributed by atoms with Crippen LogP contribution in [-0.4, -0.2) is 32.9 Å². The molecule has 0 amide bonds. The number of ether oxygens (including phenoxy) is 3. The van der Waals surface area contributed by atoms with Gasteiger partial charge >= 0.3 is 0 Å². The van der Waals surface area contributed by atoms with Crippen molar-refractivity contribution in [2.45, 2.75) is 13.3 Å². The van der Waals surface area contributed by atoms with Crippen LogP contribution in [0.15, 0.2) is 18.2 Å². The van der Waals surface area contributed by atoms with Gasteiger partial charge in [-0.05, 0) is 31.2 Å². The smallest absolute Gasteiger partial charge is 0.203 e. The van der Waals surface area contributed by atoms with Crippen molar-refractivity contribution < 1.29 is 23.8 Å². The van der Waals surface area contributed by atoms with Crippen LogP contribution in [0.5, 0.6) is 17.2 Å². The number of rotatable bonds is 7. The van der Waals surface area contributed by atoms with E-state index in [1.807, 2.05) is 0 Å². The number of allylic oxidation sites excluding steroid dienone is 1. The largest absolute Gasteiger partial charge is 0.493 e. The minimum Gasteiger partial charge on any atom is -0.493 e. The Morgan fingerprint density at radius 2 is 1.70 bits per heavy atom. The summed E-state index contributed by atoms with van der Waals surface area (Å²) in [5.41, 5.74) is 0.669. The minimum atomic E-state index is -0.255. The highest BCUT2D eigenvalue weighted by atomic mass is 16.5. The zero-order valence-electron chi connectivity index (χ0n) is 12.1. The van der Waals surface area contributed by atoms with Gasteiger partial charge in [0.15, 0.2) is 17.3 Å². The van der Waals surface area contributed by atoms with Crippen LogP contribution in [0.3, 0.4) is 0 Å². The Kier molecular flexibility index (Phi) is 5.77. The van der Waals surface area contributed by atoms with Crippen molar-refractivity contribution in [3.63, 3.8) is 0 Å². The number of hydrogen-bond acceptors (Lipinski definition) is 5. The van der Waals surface area contributed by atoms with E-state index < -0.39 is 0 Å². The molecule has 0 aliphatic heterocycles. The Balaban J connectivity index is 3.09. The average Bonchev–Trinajstić information content (AvgIpc) is 2.42. The quantitative estimate of drug-likeness (QED) is 0.565. The van der Waals surface area contributed by atoms with Crippen LogP contribution in [0.4, 0.5) is 0 Å². The first-order chi connectivity index (χ1) is 9.53. The third-order valence-corrected chi connectivity index (χ3v) is 2.61. The van der Waals surface area contributed by atoms with Crippen molar-refractivity contribution in [3.05, 3.63) is 23.8 Å². The zero-order chi connectivity index (χ0) is 15.1. The molecule has 5 nitrogen and oxygen atoms in total. The SMILES string of the molecule is COc1ccc(C=CC(=O)CC(C)=O)c(OC)c1OC. The fourth-order valence-electron chi connectivity index (χ4n) is 1.74. The molecule has 1 rings (SSSR count). The normalized spacial score (nSPS) is 10.4. The Morgan fingerprint density at radius 1 is 1.05 bits per heavy atom. The Labute approximate surface area is 118 Å². The Hall–Kier alpha value is -2.30. The number of methoxy groups -OCH3 is 3. The molecule has 0 radical (unpaired) electrons. The minimum absolute atomic E-state index is 0.105. The third kappa shape index (κ3) is 3.85. The van der Waals surface area contributed by atoms with E-state index in [2.05, 4.69) is 0 Å². The lowest BCUT2D eigenvalue weighted by Gasteiger charge is -2.13. The predicted octanol–water partition coefficient (Wildman–Crippen LogP) is 2.27. The van der Waals surface area contributed by atoms with Crippen LogP contribution in [-0.2, 0) is 9.59 Å². The second-order valence-corrected chi connectivity index (χ2v) is 4.10. The highest BCUT2D eigenvalue weighted by molar-refractivity contribution is 6.05. The van der Waals surface area contributed by atoms with Crippen LogP contribution < -0.4 is 14.2 Å². The highest BCUT2D eigenvalue weighted by Gasteiger charge is 2.14. The van der Waals surface area contributed by atoms with Gasteiger partial charge in [-0.25, -0.2) is 0 Å². The summed E-state index contributed by atoms with van der Waals surface area (Å²) in [7, 11) is 4.55. The van der Waals surface area contributed by atoms with Gasteiger partial charge in [-0.3, -0.25) is 9.59 Å². The van der Waals surface area contributed by atoms with Crippen LogP contribution in [0.1, 0.15) is 18.9 Å². The molecule has 0 aliphatic carbocycles. The third-order valence-electron chi connectivity index (χ3n) is 2.61. The predicted molar refractivity (Wildman–Crippen MR) is 75.4 cm³/mol. The van der Waals surface area contributed by atoms with E-state index in [9.17, 15) is 9.59 Å². The number of Topliss-reactive ketones (excluding diaryl/α,β-unsaturated/α-hetero) is 1. The molecule has 20 heavy (non-hydrogen) atoms. The lowest BCUT2D eigenvalue weighted by molar-refractivity contribution is -0.123. The van der Waals surface area contributed by atoms with Gasteiger partial charge < -0.3 is 14.2 Å². The van der Waals surface area contributed by atoms with Crippen molar-refractivity contribution in [2.75, 3.05) is 21.3 Å². The summed E-state index contributed by atoms with van der Waals surface area (Å²) in [4.78, 5) is 22.4. The molecule has 0 fully saturated rings. The molecule has 0 aliphatic rings. The number of benzene rings is 1. The molecule has 0 unspecified atom stereocenters. The van der Waals surface area contributed by atoms with Crippen LogP contribution in [0, 0.1) is 0 Å². The summed E-state index contributed by atoms with van der Waals surface area (Å²) in [5, 5.41) is 0. The van der Waals surface area contributed by atoms with Crippen molar-refractivity contribution in [1.29, 1.82) is 0 Å². The summed E-state index contributed by atoms with van der Waals surface area (Å²) < 4.78 is 15.7. The fraction of sp³-hybridized carbons (Fsp3) is 0.333. The summed E-state index contributed by atoms with van der Waals surface area (Å²) in [5.74, 6) is 1.04. The summed E-state index contributed by atoms with van der Waals surface area (Å²) in [6.45, 7) is 1.38. The second-order valence-electron chi connectivity index (χ2n) is 4.10. The molecule has 0 N–H and O–H groups in total. The molecule has 108 valence electrons. The molecule has 1 aromatic rings.